The summed E-state index contributed by atoms with van der Waals surface area (Å²) in [6.07, 6.45) is 5.88. The molecule has 138 valence electrons. The molecular weight excluding hydrogens is 316 g/mol. The molecule has 0 unspecified atom stereocenters. The van der Waals surface area contributed by atoms with E-state index in [1.165, 1.54) is 40.9 Å². The van der Waals surface area contributed by atoms with Crippen molar-refractivity contribution in [1.29, 1.82) is 0 Å². The van der Waals surface area contributed by atoms with E-state index in [-0.39, 0.29) is 12.0 Å². The van der Waals surface area contributed by atoms with Crippen molar-refractivity contribution in [2.45, 2.75) is 71.6 Å². The number of carbonyl (C=O) groups excluding carboxylic acids is 1. The Balaban J connectivity index is 1.88. The third kappa shape index (κ3) is 4.04. The first-order valence-corrected chi connectivity index (χ1v) is 9.54. The van der Waals surface area contributed by atoms with E-state index < -0.39 is 0 Å². The Morgan fingerprint density at radius 3 is 2.96 bits per heavy atom. The normalized spacial score (nSPS) is 19.5. The van der Waals surface area contributed by atoms with Crippen molar-refractivity contribution in [3.63, 3.8) is 0 Å². The molecule has 3 heterocycles. The minimum atomic E-state index is 0.168. The van der Waals surface area contributed by atoms with Crippen molar-refractivity contribution in [2.24, 2.45) is 0 Å². The first kappa shape index (κ1) is 18.3. The second kappa shape index (κ2) is 8.28. The maximum Gasteiger partial charge on any atom is 0.225 e. The maximum absolute atomic E-state index is 12.4. The molecule has 0 bridgehead atoms. The van der Waals surface area contributed by atoms with Crippen LogP contribution in [0, 0.1) is 0 Å². The molecule has 5 heteroatoms. The number of pyridine rings is 1. The zero-order valence-corrected chi connectivity index (χ0v) is 15.8. The number of amides is 1. The van der Waals surface area contributed by atoms with E-state index >= 15 is 0 Å². The monoisotopic (exact) mass is 346 g/mol. The maximum atomic E-state index is 12.4. The van der Waals surface area contributed by atoms with Crippen molar-refractivity contribution in [2.75, 3.05) is 20.3 Å². The summed E-state index contributed by atoms with van der Waals surface area (Å²) in [6.45, 7) is 6.91. The molecular formula is C20H30N2O3. The van der Waals surface area contributed by atoms with E-state index in [1.54, 1.807) is 7.11 Å². The largest absolute Gasteiger partial charge is 0.384 e. The quantitative estimate of drug-likeness (QED) is 0.795. The fraction of sp³-hybridized carbons (Fsp3) is 0.700. The van der Waals surface area contributed by atoms with Crippen LogP contribution in [-0.4, -0.2) is 42.2 Å². The number of hydrogen-bond acceptors (Lipinski definition) is 4. The van der Waals surface area contributed by atoms with Crippen molar-refractivity contribution >= 4 is 5.91 Å². The number of methoxy groups -OCH3 is 1. The third-order valence-electron chi connectivity index (χ3n) is 5.31. The van der Waals surface area contributed by atoms with Crippen molar-refractivity contribution in [3.8, 4) is 0 Å². The summed E-state index contributed by atoms with van der Waals surface area (Å²) in [5.41, 5.74) is 6.37. The highest BCUT2D eigenvalue weighted by Gasteiger charge is 2.29. The molecule has 0 spiro atoms. The number of aromatic nitrogens is 1. The van der Waals surface area contributed by atoms with Gasteiger partial charge >= 0.3 is 0 Å². The van der Waals surface area contributed by atoms with E-state index in [2.05, 4.69) is 13.8 Å². The van der Waals surface area contributed by atoms with Crippen LogP contribution in [0.15, 0.2) is 0 Å². The van der Waals surface area contributed by atoms with Crippen LogP contribution in [0.1, 0.15) is 61.2 Å². The summed E-state index contributed by atoms with van der Waals surface area (Å²) in [7, 11) is 1.63. The van der Waals surface area contributed by atoms with Crippen molar-refractivity contribution < 1.29 is 14.3 Å². The minimum absolute atomic E-state index is 0.168. The van der Waals surface area contributed by atoms with Gasteiger partial charge in [0.2, 0.25) is 5.91 Å². The standard InChI is InChI=1S/C20H30N2O3/c1-4-5-6-18-15-11-14(2)25-13-17(15)16-12-22(9-7-19(16)21-18)20(23)8-10-24-3/h14H,4-13H2,1-3H3/t14-/m0/s1. The SMILES string of the molecule is CCCCc1nc2c(c3c1C[C@H](C)OC3)CN(C(=O)CCOC)CC2. The van der Waals surface area contributed by atoms with E-state index in [0.717, 1.165) is 25.8 Å². The second-order valence-corrected chi connectivity index (χ2v) is 7.18. The van der Waals surface area contributed by atoms with Gasteiger partial charge in [-0.25, -0.2) is 0 Å². The lowest BCUT2D eigenvalue weighted by Gasteiger charge is -2.34. The van der Waals surface area contributed by atoms with E-state index in [0.29, 0.717) is 26.2 Å². The van der Waals surface area contributed by atoms with E-state index in [9.17, 15) is 4.79 Å². The second-order valence-electron chi connectivity index (χ2n) is 7.18. The summed E-state index contributed by atoms with van der Waals surface area (Å²) in [6, 6.07) is 0. The Labute approximate surface area is 150 Å². The molecule has 2 aliphatic rings. The van der Waals surface area contributed by atoms with Gasteiger partial charge in [0.05, 0.1) is 25.7 Å². The number of ether oxygens (including phenoxy) is 2. The number of carbonyl (C=O) groups is 1. The molecule has 0 saturated heterocycles. The molecule has 0 aromatic carbocycles. The highest BCUT2D eigenvalue weighted by molar-refractivity contribution is 5.76. The molecule has 1 amide bonds. The predicted molar refractivity (Wildman–Crippen MR) is 96.4 cm³/mol. The van der Waals surface area contributed by atoms with Crippen LogP contribution in [0.25, 0.3) is 0 Å². The number of rotatable bonds is 6. The van der Waals surface area contributed by atoms with Crippen LogP contribution in [-0.2, 0) is 46.7 Å². The summed E-state index contributed by atoms with van der Waals surface area (Å²) in [4.78, 5) is 19.4. The van der Waals surface area contributed by atoms with Crippen LogP contribution in [0.5, 0.6) is 0 Å². The fourth-order valence-electron chi connectivity index (χ4n) is 3.83. The molecule has 0 fully saturated rings. The molecule has 1 aromatic rings. The Morgan fingerprint density at radius 1 is 1.36 bits per heavy atom. The van der Waals surface area contributed by atoms with Gasteiger partial charge in [0.25, 0.3) is 0 Å². The van der Waals surface area contributed by atoms with Crippen LogP contribution in [0.2, 0.25) is 0 Å². The van der Waals surface area contributed by atoms with Gasteiger partial charge in [-0.15, -0.1) is 0 Å². The van der Waals surface area contributed by atoms with Gasteiger partial charge < -0.3 is 14.4 Å². The zero-order valence-electron chi connectivity index (χ0n) is 15.8. The molecule has 0 N–H and O–H groups in total. The van der Waals surface area contributed by atoms with E-state index in [1.807, 2.05) is 4.90 Å². The van der Waals surface area contributed by atoms with Gasteiger partial charge in [-0.05, 0) is 36.5 Å². The van der Waals surface area contributed by atoms with Crippen molar-refractivity contribution in [1.82, 2.24) is 9.88 Å². The number of nitrogens with zero attached hydrogens (tertiary/aromatic N) is 2. The molecule has 0 radical (unpaired) electrons. The lowest BCUT2D eigenvalue weighted by atomic mass is 9.89. The van der Waals surface area contributed by atoms with E-state index in [4.69, 9.17) is 14.5 Å². The number of hydrogen-bond donors (Lipinski definition) is 0. The Morgan fingerprint density at radius 2 is 2.20 bits per heavy atom. The van der Waals surface area contributed by atoms with Crippen LogP contribution >= 0.6 is 0 Å². The lowest BCUT2D eigenvalue weighted by Crippen LogP contribution is -2.38. The highest BCUT2D eigenvalue weighted by Crippen LogP contribution is 2.32. The number of fused-ring (bicyclic) bond motifs is 3. The Hall–Kier alpha value is -1.46. The topological polar surface area (TPSA) is 51.7 Å². The average Bonchev–Trinajstić information content (AvgIpc) is 2.63. The Bertz CT molecular complexity index is 630. The average molecular weight is 346 g/mol. The molecule has 5 nitrogen and oxygen atoms in total. The molecule has 1 aromatic heterocycles. The Kier molecular flexibility index (Phi) is 6.07. The van der Waals surface area contributed by atoms with Crippen molar-refractivity contribution in [3.05, 3.63) is 28.1 Å². The molecule has 25 heavy (non-hydrogen) atoms. The van der Waals surface area contributed by atoms with Crippen LogP contribution in [0.4, 0.5) is 0 Å². The summed E-state index contributed by atoms with van der Waals surface area (Å²) in [5.74, 6) is 0.168. The zero-order chi connectivity index (χ0) is 17.8. The van der Waals surface area contributed by atoms with Gasteiger partial charge in [-0.3, -0.25) is 9.78 Å². The lowest BCUT2D eigenvalue weighted by molar-refractivity contribution is -0.133. The molecule has 2 aliphatic heterocycles. The highest BCUT2D eigenvalue weighted by atomic mass is 16.5. The van der Waals surface area contributed by atoms with Gasteiger partial charge in [0, 0.05) is 44.4 Å². The molecule has 0 aliphatic carbocycles. The van der Waals surface area contributed by atoms with Crippen LogP contribution < -0.4 is 0 Å². The minimum Gasteiger partial charge on any atom is -0.384 e. The van der Waals surface area contributed by atoms with Gasteiger partial charge in [0.15, 0.2) is 0 Å². The first-order chi connectivity index (χ1) is 12.1. The van der Waals surface area contributed by atoms with Gasteiger partial charge in [-0.2, -0.15) is 0 Å². The predicted octanol–water partition coefficient (Wildman–Crippen LogP) is 2.81. The number of aryl methyl sites for hydroxylation is 1. The molecule has 0 saturated carbocycles. The van der Waals surface area contributed by atoms with Crippen LogP contribution in [0.3, 0.4) is 0 Å². The summed E-state index contributed by atoms with van der Waals surface area (Å²) in [5, 5.41) is 0. The summed E-state index contributed by atoms with van der Waals surface area (Å²) < 4.78 is 11.0. The number of unbranched alkanes of at least 4 members (excludes halogenated alkanes) is 1. The van der Waals surface area contributed by atoms with Gasteiger partial charge in [0.1, 0.15) is 0 Å². The van der Waals surface area contributed by atoms with Gasteiger partial charge in [-0.1, -0.05) is 13.3 Å². The third-order valence-corrected chi connectivity index (χ3v) is 5.31. The molecule has 3 rings (SSSR count). The summed E-state index contributed by atoms with van der Waals surface area (Å²) >= 11 is 0. The molecule has 1 atom stereocenters. The smallest absolute Gasteiger partial charge is 0.225 e. The first-order valence-electron chi connectivity index (χ1n) is 9.54. The fourth-order valence-corrected chi connectivity index (χ4v) is 3.83.